The van der Waals surface area contributed by atoms with Crippen molar-refractivity contribution < 1.29 is 29.6 Å². The molecule has 1 fully saturated rings. The predicted molar refractivity (Wildman–Crippen MR) is 78.6 cm³/mol. The lowest BCUT2D eigenvalue weighted by Gasteiger charge is -2.16. The van der Waals surface area contributed by atoms with Gasteiger partial charge in [0, 0.05) is 6.92 Å². The molecule has 130 valence electrons. The molecule has 1 aliphatic heterocycles. The lowest BCUT2D eigenvalue weighted by molar-refractivity contribution is -0.140. The van der Waals surface area contributed by atoms with Crippen LogP contribution in [0, 0.1) is 0 Å². The van der Waals surface area contributed by atoms with Gasteiger partial charge in [-0.2, -0.15) is 0 Å². The highest BCUT2D eigenvalue weighted by Gasteiger charge is 2.44. The van der Waals surface area contributed by atoms with Gasteiger partial charge in [0.2, 0.25) is 0 Å². The van der Waals surface area contributed by atoms with Gasteiger partial charge < -0.3 is 30.1 Å². The van der Waals surface area contributed by atoms with Crippen LogP contribution < -0.4 is 5.32 Å². The lowest BCUT2D eigenvalue weighted by atomic mass is 10.1. The largest absolute Gasteiger partial charge is 0.445 e. The molecule has 2 aromatic rings. The number of rotatable bonds is 5. The Morgan fingerprint density at radius 1 is 1.38 bits per heavy atom. The summed E-state index contributed by atoms with van der Waals surface area (Å²) in [6.45, 7) is 0.779. The van der Waals surface area contributed by atoms with E-state index in [1.807, 2.05) is 0 Å². The number of aliphatic hydroxyl groups is 3. The van der Waals surface area contributed by atoms with E-state index in [1.165, 1.54) is 24.1 Å². The zero-order valence-electron chi connectivity index (χ0n) is 12.7. The van der Waals surface area contributed by atoms with Crippen LogP contribution in [0.4, 0.5) is 5.82 Å². The number of imidazole rings is 1. The maximum Gasteiger partial charge on any atom is 0.304 e. The Bertz CT molecular complexity index is 737. The molecule has 11 heteroatoms. The molecule has 0 radical (unpaired) electrons. The van der Waals surface area contributed by atoms with Crippen molar-refractivity contribution in [2.75, 3.05) is 18.7 Å². The Hall–Kier alpha value is -2.34. The number of hydrogen-bond acceptors (Lipinski definition) is 10. The summed E-state index contributed by atoms with van der Waals surface area (Å²) in [5.41, 5.74) is 0.729. The Kier molecular flexibility index (Phi) is 4.57. The summed E-state index contributed by atoms with van der Waals surface area (Å²) in [4.78, 5) is 23.1. The van der Waals surface area contributed by atoms with Crippen LogP contribution in [0.25, 0.3) is 11.2 Å². The minimum atomic E-state index is -1.24. The average molecular weight is 339 g/mol. The fraction of sp³-hybridized carbons (Fsp3) is 0.538. The van der Waals surface area contributed by atoms with Crippen molar-refractivity contribution in [3.63, 3.8) is 0 Å². The molecular formula is C13H17N5O6. The molecule has 0 bridgehead atoms. The quantitative estimate of drug-likeness (QED) is 0.369. The van der Waals surface area contributed by atoms with Crippen LogP contribution in [0.15, 0.2) is 12.7 Å². The van der Waals surface area contributed by atoms with E-state index in [9.17, 15) is 20.1 Å². The summed E-state index contributed by atoms with van der Waals surface area (Å²) in [5.74, 6) is -0.100. The first kappa shape index (κ1) is 16.5. The number of nitrogens with one attached hydrogen (secondary N) is 1. The number of anilines is 1. The summed E-state index contributed by atoms with van der Waals surface area (Å²) < 4.78 is 11.7. The fourth-order valence-corrected chi connectivity index (χ4v) is 2.48. The zero-order chi connectivity index (χ0) is 17.3. The van der Waals surface area contributed by atoms with E-state index in [0.29, 0.717) is 17.0 Å². The first-order valence-corrected chi connectivity index (χ1v) is 7.20. The topological polar surface area (TPSA) is 152 Å². The minimum Gasteiger partial charge on any atom is -0.445 e. The number of carbonyl (C=O) groups excluding carboxylic acids is 1. The summed E-state index contributed by atoms with van der Waals surface area (Å²) in [5, 5.41) is 31.9. The number of nitrogens with zero attached hydrogens (tertiary/aromatic N) is 4. The maximum atomic E-state index is 10.8. The normalized spacial score (nSPS) is 26.7. The predicted octanol–water partition coefficient (Wildman–Crippen LogP) is -1.63. The van der Waals surface area contributed by atoms with Gasteiger partial charge in [0.05, 0.1) is 12.9 Å². The van der Waals surface area contributed by atoms with Gasteiger partial charge in [-0.05, 0) is 0 Å². The Labute approximate surface area is 135 Å². The second-order valence-corrected chi connectivity index (χ2v) is 5.23. The lowest BCUT2D eigenvalue weighted by Crippen LogP contribution is -2.33. The van der Waals surface area contributed by atoms with Crippen molar-refractivity contribution in [3.05, 3.63) is 12.7 Å². The van der Waals surface area contributed by atoms with Crippen LogP contribution in [0.2, 0.25) is 0 Å². The molecule has 0 aromatic carbocycles. The van der Waals surface area contributed by atoms with E-state index in [0.717, 1.165) is 0 Å². The highest BCUT2D eigenvalue weighted by atomic mass is 16.6. The number of carbonyl (C=O) groups is 1. The van der Waals surface area contributed by atoms with Gasteiger partial charge in [-0.3, -0.25) is 9.36 Å². The van der Waals surface area contributed by atoms with Gasteiger partial charge in [0.15, 0.2) is 29.9 Å². The van der Waals surface area contributed by atoms with Crippen LogP contribution in [0.5, 0.6) is 0 Å². The van der Waals surface area contributed by atoms with Gasteiger partial charge in [-0.25, -0.2) is 15.0 Å². The van der Waals surface area contributed by atoms with Crippen molar-refractivity contribution in [1.29, 1.82) is 0 Å². The van der Waals surface area contributed by atoms with Crippen molar-refractivity contribution in [1.82, 2.24) is 19.5 Å². The third-order valence-corrected chi connectivity index (χ3v) is 3.67. The molecule has 0 saturated carbocycles. The number of fused-ring (bicyclic) bond motifs is 1. The number of esters is 1. The molecule has 4 atom stereocenters. The Morgan fingerprint density at radius 2 is 2.17 bits per heavy atom. The molecule has 11 nitrogen and oxygen atoms in total. The van der Waals surface area contributed by atoms with Crippen molar-refractivity contribution in [3.8, 4) is 0 Å². The van der Waals surface area contributed by atoms with Crippen LogP contribution >= 0.6 is 0 Å². The second-order valence-electron chi connectivity index (χ2n) is 5.23. The van der Waals surface area contributed by atoms with Gasteiger partial charge in [0.25, 0.3) is 0 Å². The third kappa shape index (κ3) is 2.89. The highest BCUT2D eigenvalue weighted by Crippen LogP contribution is 2.31. The van der Waals surface area contributed by atoms with Crippen LogP contribution in [-0.4, -0.2) is 72.5 Å². The molecule has 1 saturated heterocycles. The highest BCUT2D eigenvalue weighted by molar-refractivity contribution is 5.82. The third-order valence-electron chi connectivity index (χ3n) is 3.67. The molecule has 0 aliphatic carbocycles. The molecule has 0 amide bonds. The monoisotopic (exact) mass is 339 g/mol. The van der Waals surface area contributed by atoms with E-state index < -0.39 is 37.1 Å². The molecule has 3 heterocycles. The standard InChI is InChI=1S/C13H17N5O6/c1-6(20)23-5-17-11-8-12(15-3-14-11)18(4-16-8)13-10(22)9(21)7(2-19)24-13/h3-4,7,9-10,13,19,21-22H,2,5H2,1H3,(H,14,15,17)/t7-,9-,10-,13-/m1/s1. The number of aromatic nitrogens is 4. The van der Waals surface area contributed by atoms with Crippen LogP contribution in [-0.2, 0) is 14.3 Å². The van der Waals surface area contributed by atoms with Crippen molar-refractivity contribution in [2.24, 2.45) is 0 Å². The summed E-state index contributed by atoms with van der Waals surface area (Å²) in [6, 6.07) is 0. The van der Waals surface area contributed by atoms with Crippen LogP contribution in [0.1, 0.15) is 13.2 Å². The molecule has 4 N–H and O–H groups in total. The zero-order valence-corrected chi connectivity index (χ0v) is 12.7. The Morgan fingerprint density at radius 3 is 2.83 bits per heavy atom. The summed E-state index contributed by atoms with van der Waals surface area (Å²) in [7, 11) is 0. The summed E-state index contributed by atoms with van der Waals surface area (Å²) in [6.07, 6.45) is -1.65. The van der Waals surface area contributed by atoms with Gasteiger partial charge >= 0.3 is 5.97 Å². The minimum absolute atomic E-state index is 0.0812. The molecule has 2 aromatic heterocycles. The van der Waals surface area contributed by atoms with Crippen molar-refractivity contribution in [2.45, 2.75) is 31.5 Å². The fourth-order valence-electron chi connectivity index (χ4n) is 2.48. The van der Waals surface area contributed by atoms with Gasteiger partial charge in [0.1, 0.15) is 24.6 Å². The maximum absolute atomic E-state index is 10.8. The first-order valence-electron chi connectivity index (χ1n) is 7.20. The molecule has 1 aliphatic rings. The first-order chi connectivity index (χ1) is 11.5. The van der Waals surface area contributed by atoms with E-state index in [4.69, 9.17) is 9.47 Å². The molecule has 0 unspecified atom stereocenters. The van der Waals surface area contributed by atoms with E-state index in [-0.39, 0.29) is 6.73 Å². The molecule has 3 rings (SSSR count). The van der Waals surface area contributed by atoms with Crippen molar-refractivity contribution >= 4 is 23.0 Å². The number of aliphatic hydroxyl groups excluding tert-OH is 3. The van der Waals surface area contributed by atoms with Gasteiger partial charge in [-0.15, -0.1) is 0 Å². The van der Waals surface area contributed by atoms with E-state index in [1.54, 1.807) is 0 Å². The second kappa shape index (κ2) is 6.65. The van der Waals surface area contributed by atoms with E-state index in [2.05, 4.69) is 20.3 Å². The summed E-state index contributed by atoms with van der Waals surface area (Å²) >= 11 is 0. The molecule has 24 heavy (non-hydrogen) atoms. The van der Waals surface area contributed by atoms with E-state index >= 15 is 0 Å². The number of hydrogen-bond donors (Lipinski definition) is 4. The smallest absolute Gasteiger partial charge is 0.304 e. The average Bonchev–Trinajstić information content (AvgIpc) is 3.10. The number of ether oxygens (including phenoxy) is 2. The Balaban J connectivity index is 1.87. The molecular weight excluding hydrogens is 322 g/mol. The molecule has 0 spiro atoms. The SMILES string of the molecule is CC(=O)OCNc1ncnc2c1ncn2[C@@H]1O[C@H](CO)[C@@H](O)[C@H]1O. The van der Waals surface area contributed by atoms with Gasteiger partial charge in [-0.1, -0.05) is 0 Å². The van der Waals surface area contributed by atoms with Crippen LogP contribution in [0.3, 0.4) is 0 Å².